The third-order valence-corrected chi connectivity index (χ3v) is 6.85. The number of sulfonamides is 1. The molecule has 0 unspecified atom stereocenters. The molecule has 3 N–H and O–H groups in total. The number of thioether (sulfide) groups is 1. The summed E-state index contributed by atoms with van der Waals surface area (Å²) < 4.78 is 27.8. The predicted octanol–water partition coefficient (Wildman–Crippen LogP) is 1.70. The van der Waals surface area contributed by atoms with Crippen LogP contribution in [0.15, 0.2) is 11.0 Å². The summed E-state index contributed by atoms with van der Waals surface area (Å²) in [6, 6.07) is 0. The first-order valence-electron chi connectivity index (χ1n) is 8.89. The highest BCUT2D eigenvalue weighted by molar-refractivity contribution is 7.99. The Hall–Kier alpha value is -1.50. The summed E-state index contributed by atoms with van der Waals surface area (Å²) in [6.07, 6.45) is 7.27. The van der Waals surface area contributed by atoms with E-state index in [1.807, 2.05) is 0 Å². The van der Waals surface area contributed by atoms with Gasteiger partial charge in [-0.15, -0.1) is 11.8 Å². The molecule has 1 aromatic rings. The van der Waals surface area contributed by atoms with Gasteiger partial charge in [-0.3, -0.25) is 4.57 Å². The van der Waals surface area contributed by atoms with E-state index in [9.17, 15) is 13.2 Å². The molecular weight excluding hydrogens is 372 g/mol. The van der Waals surface area contributed by atoms with E-state index in [-0.39, 0.29) is 29.2 Å². The maximum Gasteiger partial charge on any atom is 0.350 e. The number of unbranched alkanes of at least 4 members (excludes halogenated alkanes) is 3. The number of anilines is 1. The first-order chi connectivity index (χ1) is 12.4. The zero-order chi connectivity index (χ0) is 19.0. The van der Waals surface area contributed by atoms with E-state index in [1.165, 1.54) is 0 Å². The molecule has 1 saturated heterocycles. The minimum Gasteiger partial charge on any atom is -0.382 e. The van der Waals surface area contributed by atoms with E-state index >= 15 is 0 Å². The standard InChI is InChI=1S/C17H26N4O3S2/c1-2-3-4-5-12-26(23,24)19-10-6-8-14-13-21(15-9-7-11-25-15)17(22)20-16(14)18/h13,15,19H,2-5,7,9-12H2,1H3,(H2,18,20,22)/t15-/m1/s1. The molecule has 0 bridgehead atoms. The molecule has 0 spiro atoms. The fourth-order valence-electron chi connectivity index (χ4n) is 2.64. The number of aromatic nitrogens is 2. The second-order valence-corrected chi connectivity index (χ2v) is 9.41. The molecule has 2 heterocycles. The van der Waals surface area contributed by atoms with Gasteiger partial charge in [-0.05, 0) is 25.0 Å². The first kappa shape index (κ1) is 20.8. The molecule has 0 amide bonds. The molecule has 0 aromatic carbocycles. The number of rotatable bonds is 8. The van der Waals surface area contributed by atoms with Gasteiger partial charge in [-0.2, -0.15) is 4.98 Å². The second kappa shape index (κ2) is 10.00. The molecule has 1 aromatic heterocycles. The van der Waals surface area contributed by atoms with Gasteiger partial charge in [0.05, 0.1) is 23.2 Å². The van der Waals surface area contributed by atoms with Crippen LogP contribution in [-0.4, -0.2) is 36.0 Å². The molecule has 0 aliphatic carbocycles. The van der Waals surface area contributed by atoms with Crippen molar-refractivity contribution in [2.75, 3.05) is 23.8 Å². The van der Waals surface area contributed by atoms with E-state index in [2.05, 4.69) is 28.5 Å². The number of nitrogens with one attached hydrogen (secondary N) is 1. The van der Waals surface area contributed by atoms with Crippen LogP contribution < -0.4 is 16.1 Å². The van der Waals surface area contributed by atoms with Crippen LogP contribution in [0.1, 0.15) is 56.4 Å². The summed E-state index contributed by atoms with van der Waals surface area (Å²) >= 11 is 1.71. The van der Waals surface area contributed by atoms with Gasteiger partial charge in [0.15, 0.2) is 0 Å². The lowest BCUT2D eigenvalue weighted by molar-refractivity contribution is 0.579. The lowest BCUT2D eigenvalue weighted by Crippen LogP contribution is -2.27. The Labute approximate surface area is 159 Å². The van der Waals surface area contributed by atoms with Gasteiger partial charge >= 0.3 is 5.69 Å². The van der Waals surface area contributed by atoms with Crippen molar-refractivity contribution in [2.45, 2.75) is 50.8 Å². The van der Waals surface area contributed by atoms with Crippen LogP contribution in [0.4, 0.5) is 5.82 Å². The van der Waals surface area contributed by atoms with Crippen molar-refractivity contribution < 1.29 is 8.42 Å². The van der Waals surface area contributed by atoms with Crippen molar-refractivity contribution >= 4 is 27.6 Å². The number of hydrogen-bond acceptors (Lipinski definition) is 6. The molecule has 2 rings (SSSR count). The summed E-state index contributed by atoms with van der Waals surface area (Å²) in [4.78, 5) is 15.8. The fourth-order valence-corrected chi connectivity index (χ4v) is 4.91. The van der Waals surface area contributed by atoms with E-state index < -0.39 is 10.0 Å². The number of nitrogen functional groups attached to an aromatic ring is 1. The van der Waals surface area contributed by atoms with Gasteiger partial charge in [0.2, 0.25) is 10.0 Å². The Kier molecular flexibility index (Phi) is 8.00. The highest BCUT2D eigenvalue weighted by atomic mass is 32.2. The Bertz CT molecular complexity index is 819. The molecule has 0 radical (unpaired) electrons. The summed E-state index contributed by atoms with van der Waals surface area (Å²) in [5, 5.41) is 0.0674. The molecule has 144 valence electrons. The zero-order valence-electron chi connectivity index (χ0n) is 15.0. The van der Waals surface area contributed by atoms with Gasteiger partial charge in [0, 0.05) is 6.20 Å². The topological polar surface area (TPSA) is 107 Å². The van der Waals surface area contributed by atoms with Crippen molar-refractivity contribution in [2.24, 2.45) is 0 Å². The van der Waals surface area contributed by atoms with Crippen LogP contribution in [0.25, 0.3) is 0 Å². The van der Waals surface area contributed by atoms with Crippen LogP contribution in [0.5, 0.6) is 0 Å². The predicted molar refractivity (Wildman–Crippen MR) is 106 cm³/mol. The van der Waals surface area contributed by atoms with Crippen LogP contribution in [0.2, 0.25) is 0 Å². The van der Waals surface area contributed by atoms with Crippen molar-refractivity contribution in [3.8, 4) is 11.8 Å². The maximum atomic E-state index is 12.0. The zero-order valence-corrected chi connectivity index (χ0v) is 16.7. The van der Waals surface area contributed by atoms with Crippen LogP contribution in [0.3, 0.4) is 0 Å². The molecule has 1 atom stereocenters. The highest BCUT2D eigenvalue weighted by Gasteiger charge is 2.19. The fraction of sp³-hybridized carbons (Fsp3) is 0.647. The molecule has 9 heteroatoms. The van der Waals surface area contributed by atoms with Crippen LogP contribution in [0, 0.1) is 11.8 Å². The lowest BCUT2D eigenvalue weighted by Gasteiger charge is -2.12. The number of hydrogen-bond donors (Lipinski definition) is 2. The summed E-state index contributed by atoms with van der Waals surface area (Å²) in [5.74, 6) is 6.78. The molecule has 1 fully saturated rings. The van der Waals surface area contributed by atoms with Gasteiger partial charge in [0.25, 0.3) is 0 Å². The SMILES string of the molecule is CCCCCCS(=O)(=O)NCC#Cc1cn([C@H]2CCCS2)c(=O)nc1N. The van der Waals surface area contributed by atoms with Crippen LogP contribution >= 0.6 is 11.8 Å². The quantitative estimate of drug-likeness (QED) is 0.510. The van der Waals surface area contributed by atoms with Crippen LogP contribution in [-0.2, 0) is 10.0 Å². The second-order valence-electron chi connectivity index (χ2n) is 6.20. The minimum absolute atomic E-state index is 0.00680. The van der Waals surface area contributed by atoms with E-state index in [4.69, 9.17) is 5.73 Å². The highest BCUT2D eigenvalue weighted by Crippen LogP contribution is 2.34. The molecule has 26 heavy (non-hydrogen) atoms. The molecule has 1 aliphatic heterocycles. The number of nitrogens with zero attached hydrogens (tertiary/aromatic N) is 2. The first-order valence-corrected chi connectivity index (χ1v) is 11.6. The Balaban J connectivity index is 1.96. The maximum absolute atomic E-state index is 12.0. The van der Waals surface area contributed by atoms with Crippen molar-refractivity contribution in [1.29, 1.82) is 0 Å². The van der Waals surface area contributed by atoms with Gasteiger partial charge in [-0.25, -0.2) is 17.9 Å². The lowest BCUT2D eigenvalue weighted by atomic mass is 10.2. The third kappa shape index (κ3) is 6.34. The monoisotopic (exact) mass is 398 g/mol. The third-order valence-electron chi connectivity index (χ3n) is 4.07. The molecule has 7 nitrogen and oxygen atoms in total. The van der Waals surface area contributed by atoms with E-state index in [1.54, 1.807) is 22.5 Å². The van der Waals surface area contributed by atoms with E-state index in [0.717, 1.165) is 37.9 Å². The largest absolute Gasteiger partial charge is 0.382 e. The Morgan fingerprint density at radius 3 is 2.92 bits per heavy atom. The molecular formula is C17H26N4O3S2. The summed E-state index contributed by atoms with van der Waals surface area (Å²) in [7, 11) is -3.31. The summed E-state index contributed by atoms with van der Waals surface area (Å²) in [5.41, 5.74) is 5.85. The average molecular weight is 399 g/mol. The molecule has 0 saturated carbocycles. The number of nitrogens with two attached hydrogens (primary N) is 1. The Morgan fingerprint density at radius 1 is 1.42 bits per heavy atom. The van der Waals surface area contributed by atoms with Crippen molar-refractivity contribution in [3.05, 3.63) is 22.2 Å². The Morgan fingerprint density at radius 2 is 2.23 bits per heavy atom. The molecule has 1 aliphatic rings. The van der Waals surface area contributed by atoms with Gasteiger partial charge < -0.3 is 5.73 Å². The van der Waals surface area contributed by atoms with Gasteiger partial charge in [0.1, 0.15) is 5.82 Å². The summed E-state index contributed by atoms with van der Waals surface area (Å²) in [6.45, 7) is 2.09. The average Bonchev–Trinajstić information content (AvgIpc) is 3.11. The smallest absolute Gasteiger partial charge is 0.350 e. The van der Waals surface area contributed by atoms with Gasteiger partial charge in [-0.1, -0.05) is 38.0 Å². The van der Waals surface area contributed by atoms with Crippen molar-refractivity contribution in [3.63, 3.8) is 0 Å². The van der Waals surface area contributed by atoms with Crippen molar-refractivity contribution in [1.82, 2.24) is 14.3 Å². The normalized spacial score (nSPS) is 17.0. The van der Waals surface area contributed by atoms with E-state index in [0.29, 0.717) is 12.0 Å². The minimum atomic E-state index is -3.31.